The molecule has 33 nitrogen and oxygen atoms in total. The fourth-order valence-corrected chi connectivity index (χ4v) is 10.7. The highest BCUT2D eigenvalue weighted by Gasteiger charge is 2.26. The first kappa shape index (κ1) is 65.4. The summed E-state index contributed by atoms with van der Waals surface area (Å²) >= 11 is 15.5. The predicted molar refractivity (Wildman–Crippen MR) is 312 cm³/mol. The van der Waals surface area contributed by atoms with E-state index < -0.39 is 48.1 Å². The van der Waals surface area contributed by atoms with Crippen LogP contribution in [0.2, 0.25) is 10.6 Å². The van der Waals surface area contributed by atoms with Gasteiger partial charge in [-0.15, -0.1) is 32.2 Å². The number of halogens is 2. The standard InChI is InChI=1S/C46H38Cl2N14O19S6/c1-3-74-78-82-28-9-5-26(6-10-28)57-59-38-34(84-80-76-66)19-24-17-30(86(68,69)70)21-32(36(24)40(38)64)51-45-50-23-62(43(48)55-45)61(15-16-63)14-13-49-44-53-42(47)54-46(56-44)52-33-22-31(87(71,72)73)18-25-20-35(85-81-77-67)39(41(65)37(25)33)60-58-27-7-11-29(12-8-27)83-79-75-4-2/h3-12,17-23,63H,1-2,13-16H2,(H8,49,52,53,54,56,57,58,64,65,66,67,68,69,70,71,72,73)/p+1. The van der Waals surface area contributed by atoms with E-state index in [1.807, 2.05) is 0 Å². The van der Waals surface area contributed by atoms with Gasteiger partial charge in [0.15, 0.2) is 11.5 Å². The molecule has 8 rings (SSSR count). The second-order valence-corrected chi connectivity index (χ2v) is 22.9. The number of aliphatic hydroxyl groups excluding tert-OH is 1. The van der Waals surface area contributed by atoms with Crippen molar-refractivity contribution in [3.8, 4) is 11.5 Å². The van der Waals surface area contributed by atoms with Crippen molar-refractivity contribution in [2.75, 3.05) is 47.2 Å². The fraction of sp³-hybridized carbons (Fsp3) is 0.0870. The van der Waals surface area contributed by atoms with Gasteiger partial charge >= 0.3 is 11.2 Å². The van der Waals surface area contributed by atoms with E-state index in [9.17, 15) is 41.3 Å². The van der Waals surface area contributed by atoms with E-state index in [1.54, 1.807) is 48.5 Å². The lowest BCUT2D eigenvalue weighted by molar-refractivity contribution is -0.696. The quantitative estimate of drug-likeness (QED) is 0.00282. The monoisotopic (exact) mass is 1350 g/mol. The predicted octanol–water partition coefficient (Wildman–Crippen LogP) is 10.9. The van der Waals surface area contributed by atoms with Gasteiger partial charge in [0.2, 0.25) is 17.2 Å². The molecule has 6 aromatic carbocycles. The number of hydrogen-bond acceptors (Lipinski definition) is 34. The van der Waals surface area contributed by atoms with Crippen LogP contribution in [0.5, 0.6) is 11.5 Å². The Bertz CT molecular complexity index is 4120. The first-order valence-electron chi connectivity index (χ1n) is 23.5. The number of benzene rings is 6. The normalized spacial score (nSPS) is 11.9. The van der Waals surface area contributed by atoms with E-state index >= 15 is 0 Å². The number of aliphatic hydroxyl groups is 1. The molecule has 0 spiro atoms. The van der Waals surface area contributed by atoms with Crippen molar-refractivity contribution in [1.82, 2.24) is 24.9 Å². The molecule has 0 fully saturated rings. The SMILES string of the molecule is C=COOSc1ccc(N=Nc2c(SOOO)cc3cc(S(=O)(=O)O)cc(Nc4nc(Cl)nc(NCCN(CCO)[n+]5cnc(Nc6cc(S(=O)(=O)O)cc7cc(SOOO)c(N=Nc8ccc(SOOC=C)cc8)c(O)c67)nc5Cl)n4)c3c2O)cc1. The maximum absolute atomic E-state index is 12.6. The molecule has 0 amide bonds. The number of aromatic nitrogens is 6. The Morgan fingerprint density at radius 2 is 1.10 bits per heavy atom. The van der Waals surface area contributed by atoms with E-state index in [0.717, 1.165) is 60.9 Å². The third-order valence-corrected chi connectivity index (χ3v) is 15.5. The maximum Gasteiger partial charge on any atom is 0.380 e. The summed E-state index contributed by atoms with van der Waals surface area (Å²) in [6.07, 6.45) is 3.36. The van der Waals surface area contributed by atoms with Gasteiger partial charge in [-0.3, -0.25) is 19.4 Å². The minimum absolute atomic E-state index is 0.00711. The Balaban J connectivity index is 1.04. The maximum atomic E-state index is 12.6. The molecule has 0 radical (unpaired) electrons. The third-order valence-electron chi connectivity index (χ3n) is 10.9. The number of azo groups is 2. The molecule has 0 aliphatic rings. The number of phenols is 2. The van der Waals surface area contributed by atoms with Crippen LogP contribution in [0.1, 0.15) is 0 Å². The molecule has 0 aliphatic carbocycles. The summed E-state index contributed by atoms with van der Waals surface area (Å²) in [5.41, 5.74) is -0.346. The van der Waals surface area contributed by atoms with Crippen LogP contribution in [0.15, 0.2) is 167 Å². The minimum Gasteiger partial charge on any atom is -0.505 e. The van der Waals surface area contributed by atoms with Crippen LogP contribution < -0.4 is 25.6 Å². The highest BCUT2D eigenvalue weighted by Crippen LogP contribution is 2.49. The highest BCUT2D eigenvalue weighted by atomic mass is 35.5. The van der Waals surface area contributed by atoms with Crippen molar-refractivity contribution in [3.63, 3.8) is 0 Å². The lowest BCUT2D eigenvalue weighted by Gasteiger charge is -2.21. The molecule has 10 N–H and O–H groups in total. The summed E-state index contributed by atoms with van der Waals surface area (Å²) in [5, 5.41) is 84.9. The largest absolute Gasteiger partial charge is 0.505 e. The van der Waals surface area contributed by atoms with Gasteiger partial charge in [-0.05, 0) is 124 Å². The molecular weight excluding hydrogens is 1320 g/mol. The van der Waals surface area contributed by atoms with E-state index in [4.69, 9.17) is 42.4 Å². The fourth-order valence-electron chi connectivity index (χ4n) is 7.40. The summed E-state index contributed by atoms with van der Waals surface area (Å²) in [4.78, 5) is 30.2. The molecule has 8 aromatic rings. The third kappa shape index (κ3) is 17.3. The molecule has 456 valence electrons. The molecule has 2 aromatic heterocycles. The number of fused-ring (bicyclic) bond motifs is 2. The summed E-state index contributed by atoms with van der Waals surface area (Å²) < 4.78 is 90.8. The molecule has 41 heteroatoms. The van der Waals surface area contributed by atoms with Crippen LogP contribution in [0.3, 0.4) is 0 Å². The van der Waals surface area contributed by atoms with E-state index in [1.165, 1.54) is 28.1 Å². The summed E-state index contributed by atoms with van der Waals surface area (Å²) in [7, 11) is -9.85. The van der Waals surface area contributed by atoms with Crippen LogP contribution in [0.4, 0.5) is 52.0 Å². The van der Waals surface area contributed by atoms with E-state index in [-0.39, 0.29) is 102 Å². The number of rotatable bonds is 31. The molecule has 0 bridgehead atoms. The van der Waals surface area contributed by atoms with Gasteiger partial charge in [-0.2, -0.15) is 42.0 Å². The zero-order valence-electron chi connectivity index (χ0n) is 43.2. The molecule has 2 heterocycles. The smallest absolute Gasteiger partial charge is 0.380 e. The number of nitrogens with one attached hydrogen (secondary N) is 3. The average molecular weight is 1360 g/mol. The van der Waals surface area contributed by atoms with Gasteiger partial charge in [-0.1, -0.05) is 28.2 Å². The lowest BCUT2D eigenvalue weighted by atomic mass is 10.1. The van der Waals surface area contributed by atoms with Crippen molar-refractivity contribution in [2.45, 2.75) is 29.4 Å². The van der Waals surface area contributed by atoms with Crippen molar-refractivity contribution < 1.29 is 93.6 Å². The van der Waals surface area contributed by atoms with Crippen molar-refractivity contribution in [2.24, 2.45) is 20.5 Å². The molecule has 0 saturated carbocycles. The van der Waals surface area contributed by atoms with Crippen LogP contribution >= 0.6 is 71.4 Å². The first-order valence-corrected chi connectivity index (χ1v) is 30.1. The van der Waals surface area contributed by atoms with Gasteiger partial charge in [0.05, 0.1) is 110 Å². The molecular formula is C46H39Cl2N14O19S6+. The number of nitrogens with zero attached hydrogens (tertiary/aromatic N) is 11. The van der Waals surface area contributed by atoms with Gasteiger partial charge in [-0.25, -0.2) is 10.5 Å². The Morgan fingerprint density at radius 3 is 1.55 bits per heavy atom. The van der Waals surface area contributed by atoms with Crippen LogP contribution in [-0.4, -0.2) is 103 Å². The Morgan fingerprint density at radius 1 is 0.621 bits per heavy atom. The Kier molecular flexibility index (Phi) is 22.8. The second-order valence-electron chi connectivity index (χ2n) is 16.3. The summed E-state index contributed by atoms with van der Waals surface area (Å²) in [6.45, 7) is 6.22. The molecule has 0 aliphatic heterocycles. The van der Waals surface area contributed by atoms with Gasteiger partial charge in [0, 0.05) is 27.1 Å². The van der Waals surface area contributed by atoms with E-state index in [2.05, 4.69) is 103 Å². The Labute approximate surface area is 516 Å². The topological polar surface area (TPSA) is 441 Å². The second kappa shape index (κ2) is 30.3. The minimum atomic E-state index is -4.93. The van der Waals surface area contributed by atoms with Crippen LogP contribution in [0, 0.1) is 0 Å². The van der Waals surface area contributed by atoms with Crippen LogP contribution in [-0.2, 0) is 57.4 Å². The zero-order valence-corrected chi connectivity index (χ0v) is 49.6. The molecule has 0 saturated heterocycles. The van der Waals surface area contributed by atoms with Gasteiger partial charge in [0.25, 0.3) is 26.6 Å². The van der Waals surface area contributed by atoms with Crippen molar-refractivity contribution >= 4 is 165 Å². The van der Waals surface area contributed by atoms with Gasteiger partial charge < -0.3 is 35.7 Å². The number of phenolic OH excluding ortho intramolecular Hbond substituents is 2. The van der Waals surface area contributed by atoms with Crippen molar-refractivity contribution in [3.05, 3.63) is 128 Å². The summed E-state index contributed by atoms with van der Waals surface area (Å²) in [5.74, 6) is -1.99. The summed E-state index contributed by atoms with van der Waals surface area (Å²) in [6, 6.07) is 19.3. The molecule has 87 heavy (non-hydrogen) atoms. The first-order chi connectivity index (χ1) is 41.8. The molecule has 0 unspecified atom stereocenters. The van der Waals surface area contributed by atoms with Crippen molar-refractivity contribution in [1.29, 1.82) is 0 Å². The van der Waals surface area contributed by atoms with Crippen LogP contribution in [0.25, 0.3) is 21.5 Å². The number of anilines is 5. The van der Waals surface area contributed by atoms with Gasteiger partial charge in [0.1, 0.15) is 23.9 Å². The zero-order chi connectivity index (χ0) is 62.3. The lowest BCUT2D eigenvalue weighted by Crippen LogP contribution is -2.61. The number of aromatic hydroxyl groups is 2. The Hall–Kier alpha value is -7.62. The van der Waals surface area contributed by atoms with E-state index in [0.29, 0.717) is 45.3 Å². The molecule has 0 atom stereocenters. The highest BCUT2D eigenvalue weighted by molar-refractivity contribution is 7.95. The average Bonchev–Trinajstić information content (AvgIpc) is 1.96. The number of hydrogen-bond donors (Lipinski definition) is 10.